The Kier molecular flexibility index (Phi) is 5.49. The molecule has 0 aliphatic heterocycles. The molecule has 0 amide bonds. The molecular formula is C14H21NO3. The molecule has 1 rings (SSSR count). The van der Waals surface area contributed by atoms with E-state index in [1.807, 2.05) is 19.0 Å². The lowest BCUT2D eigenvalue weighted by Crippen LogP contribution is -2.12. The third kappa shape index (κ3) is 3.95. The molecule has 0 bridgehead atoms. The first-order valence-corrected chi connectivity index (χ1v) is 6.23. The van der Waals surface area contributed by atoms with Gasteiger partial charge in [0.2, 0.25) is 0 Å². The van der Waals surface area contributed by atoms with Crippen molar-refractivity contribution in [3.8, 4) is 5.75 Å². The minimum Gasteiger partial charge on any atom is -0.491 e. The molecule has 4 nitrogen and oxygen atoms in total. The molecule has 0 aliphatic rings. The number of carbonyl (C=O) groups is 1. The van der Waals surface area contributed by atoms with Crippen LogP contribution in [0.1, 0.15) is 36.5 Å². The lowest BCUT2D eigenvalue weighted by Gasteiger charge is -2.18. The molecule has 0 heterocycles. The number of aromatic carboxylic acids is 1. The van der Waals surface area contributed by atoms with Gasteiger partial charge in [-0.1, -0.05) is 19.8 Å². The van der Waals surface area contributed by atoms with Gasteiger partial charge < -0.3 is 14.7 Å². The van der Waals surface area contributed by atoms with Gasteiger partial charge in [0.1, 0.15) is 5.75 Å². The van der Waals surface area contributed by atoms with E-state index in [0.717, 1.165) is 24.9 Å². The van der Waals surface area contributed by atoms with Crippen LogP contribution >= 0.6 is 0 Å². The molecule has 0 atom stereocenters. The molecule has 0 aliphatic carbocycles. The summed E-state index contributed by atoms with van der Waals surface area (Å²) in [6.07, 6.45) is 3.25. The van der Waals surface area contributed by atoms with Gasteiger partial charge in [-0.05, 0) is 24.6 Å². The molecule has 1 aromatic rings. The smallest absolute Gasteiger partial charge is 0.335 e. The van der Waals surface area contributed by atoms with Crippen molar-refractivity contribution in [3.63, 3.8) is 0 Å². The maximum atomic E-state index is 10.9. The number of hydrogen-bond acceptors (Lipinski definition) is 3. The first-order valence-electron chi connectivity index (χ1n) is 6.23. The number of unbranched alkanes of at least 4 members (excludes halogenated alkanes) is 2. The van der Waals surface area contributed by atoms with Gasteiger partial charge in [0, 0.05) is 14.1 Å². The monoisotopic (exact) mass is 251 g/mol. The van der Waals surface area contributed by atoms with E-state index in [4.69, 9.17) is 9.84 Å². The Morgan fingerprint density at radius 3 is 2.61 bits per heavy atom. The fourth-order valence-corrected chi connectivity index (χ4v) is 1.67. The van der Waals surface area contributed by atoms with Crippen LogP contribution < -0.4 is 9.64 Å². The van der Waals surface area contributed by atoms with Gasteiger partial charge in [-0.2, -0.15) is 0 Å². The lowest BCUT2D eigenvalue weighted by atomic mass is 10.2. The lowest BCUT2D eigenvalue weighted by molar-refractivity contribution is 0.0696. The van der Waals surface area contributed by atoms with Crippen molar-refractivity contribution in [2.24, 2.45) is 0 Å². The fourth-order valence-electron chi connectivity index (χ4n) is 1.67. The average molecular weight is 251 g/mol. The molecule has 0 fully saturated rings. The van der Waals surface area contributed by atoms with Gasteiger partial charge in [0.25, 0.3) is 0 Å². The molecule has 0 saturated heterocycles. The zero-order valence-corrected chi connectivity index (χ0v) is 11.3. The van der Waals surface area contributed by atoms with Crippen molar-refractivity contribution >= 4 is 11.7 Å². The van der Waals surface area contributed by atoms with Crippen LogP contribution in [0, 0.1) is 0 Å². The minimum absolute atomic E-state index is 0.256. The molecule has 0 unspecified atom stereocenters. The summed E-state index contributed by atoms with van der Waals surface area (Å²) in [6, 6.07) is 4.96. The number of anilines is 1. The van der Waals surface area contributed by atoms with Crippen LogP contribution in [0.25, 0.3) is 0 Å². The van der Waals surface area contributed by atoms with Crippen LogP contribution in [0.2, 0.25) is 0 Å². The molecule has 0 saturated carbocycles. The first kappa shape index (κ1) is 14.4. The highest BCUT2D eigenvalue weighted by Crippen LogP contribution is 2.28. The van der Waals surface area contributed by atoms with Crippen LogP contribution in [0.5, 0.6) is 5.75 Å². The van der Waals surface area contributed by atoms with Crippen molar-refractivity contribution in [1.82, 2.24) is 0 Å². The molecule has 1 N–H and O–H groups in total. The highest BCUT2D eigenvalue weighted by Gasteiger charge is 2.10. The Morgan fingerprint density at radius 1 is 1.33 bits per heavy atom. The second-order valence-corrected chi connectivity index (χ2v) is 4.44. The normalized spacial score (nSPS) is 10.2. The van der Waals surface area contributed by atoms with Gasteiger partial charge in [0.15, 0.2) is 0 Å². The van der Waals surface area contributed by atoms with Crippen molar-refractivity contribution in [1.29, 1.82) is 0 Å². The highest BCUT2D eigenvalue weighted by molar-refractivity contribution is 5.89. The predicted octanol–water partition coefficient (Wildman–Crippen LogP) is 3.02. The number of carboxylic acids is 1. The van der Waals surface area contributed by atoms with Crippen LogP contribution in [0.3, 0.4) is 0 Å². The number of ether oxygens (including phenoxy) is 1. The van der Waals surface area contributed by atoms with Gasteiger partial charge in [-0.15, -0.1) is 0 Å². The van der Waals surface area contributed by atoms with Crippen molar-refractivity contribution in [2.45, 2.75) is 26.2 Å². The van der Waals surface area contributed by atoms with E-state index in [2.05, 4.69) is 6.92 Å². The summed E-state index contributed by atoms with van der Waals surface area (Å²) in [7, 11) is 3.82. The minimum atomic E-state index is -0.932. The maximum absolute atomic E-state index is 10.9. The maximum Gasteiger partial charge on any atom is 0.335 e. The third-order valence-corrected chi connectivity index (χ3v) is 2.69. The van der Waals surface area contributed by atoms with Crippen LogP contribution in [0.15, 0.2) is 18.2 Å². The molecule has 4 heteroatoms. The largest absolute Gasteiger partial charge is 0.491 e. The fraction of sp³-hybridized carbons (Fsp3) is 0.500. The van der Waals surface area contributed by atoms with E-state index in [1.54, 1.807) is 18.2 Å². The Hall–Kier alpha value is -1.71. The molecular weight excluding hydrogens is 230 g/mol. The summed E-state index contributed by atoms with van der Waals surface area (Å²) >= 11 is 0. The zero-order chi connectivity index (χ0) is 13.5. The van der Waals surface area contributed by atoms with E-state index in [-0.39, 0.29) is 5.56 Å². The molecule has 18 heavy (non-hydrogen) atoms. The molecule has 1 aromatic carbocycles. The zero-order valence-electron chi connectivity index (χ0n) is 11.3. The molecule has 0 spiro atoms. The number of nitrogens with zero attached hydrogens (tertiary/aromatic N) is 1. The van der Waals surface area contributed by atoms with Gasteiger partial charge in [-0.25, -0.2) is 4.79 Å². The van der Waals surface area contributed by atoms with E-state index < -0.39 is 5.97 Å². The second kappa shape index (κ2) is 6.89. The average Bonchev–Trinajstić information content (AvgIpc) is 2.34. The summed E-state index contributed by atoms with van der Waals surface area (Å²) in [6.45, 7) is 2.76. The van der Waals surface area contributed by atoms with E-state index in [0.29, 0.717) is 12.4 Å². The van der Waals surface area contributed by atoms with Crippen molar-refractivity contribution in [2.75, 3.05) is 25.6 Å². The van der Waals surface area contributed by atoms with Crippen LogP contribution in [0.4, 0.5) is 5.69 Å². The Labute approximate surface area is 108 Å². The summed E-state index contributed by atoms with van der Waals surface area (Å²) in [4.78, 5) is 12.9. The Bertz CT molecular complexity index is 402. The third-order valence-electron chi connectivity index (χ3n) is 2.69. The van der Waals surface area contributed by atoms with Gasteiger partial charge in [-0.3, -0.25) is 0 Å². The molecule has 100 valence electrons. The number of carboxylic acid groups (broad SMARTS) is 1. The summed E-state index contributed by atoms with van der Waals surface area (Å²) < 4.78 is 5.69. The Balaban J connectivity index is 2.83. The summed E-state index contributed by atoms with van der Waals surface area (Å²) in [5, 5.41) is 8.98. The quantitative estimate of drug-likeness (QED) is 0.757. The van der Waals surface area contributed by atoms with Crippen molar-refractivity contribution < 1.29 is 14.6 Å². The van der Waals surface area contributed by atoms with Crippen LogP contribution in [-0.4, -0.2) is 31.8 Å². The topological polar surface area (TPSA) is 49.8 Å². The Morgan fingerprint density at radius 2 is 2.06 bits per heavy atom. The van der Waals surface area contributed by atoms with E-state index in [1.165, 1.54) is 0 Å². The van der Waals surface area contributed by atoms with Gasteiger partial charge >= 0.3 is 5.97 Å². The van der Waals surface area contributed by atoms with E-state index >= 15 is 0 Å². The van der Waals surface area contributed by atoms with E-state index in [9.17, 15) is 4.79 Å². The number of benzene rings is 1. The second-order valence-electron chi connectivity index (χ2n) is 4.44. The first-order chi connectivity index (χ1) is 8.56. The number of rotatable bonds is 7. The SMILES string of the molecule is CCCCCOc1cc(C(=O)O)ccc1N(C)C. The molecule has 0 aromatic heterocycles. The highest BCUT2D eigenvalue weighted by atomic mass is 16.5. The van der Waals surface area contributed by atoms with Gasteiger partial charge in [0.05, 0.1) is 17.9 Å². The standard InChI is InChI=1S/C14H21NO3/c1-4-5-6-9-18-13-10-11(14(16)17)7-8-12(13)15(2)3/h7-8,10H,4-6,9H2,1-3H3,(H,16,17). The van der Waals surface area contributed by atoms with Crippen molar-refractivity contribution in [3.05, 3.63) is 23.8 Å². The summed E-state index contributed by atoms with van der Waals surface area (Å²) in [5.41, 5.74) is 1.16. The molecule has 0 radical (unpaired) electrons. The predicted molar refractivity (Wildman–Crippen MR) is 72.7 cm³/mol. The van der Waals surface area contributed by atoms with Crippen LogP contribution in [-0.2, 0) is 0 Å². The summed E-state index contributed by atoms with van der Waals surface area (Å²) in [5.74, 6) is -0.297. The number of hydrogen-bond donors (Lipinski definition) is 1.